The Morgan fingerprint density at radius 3 is 2.39 bits per heavy atom. The van der Waals surface area contributed by atoms with Gasteiger partial charge in [-0.2, -0.15) is 0 Å². The molecule has 18 heavy (non-hydrogen) atoms. The summed E-state index contributed by atoms with van der Waals surface area (Å²) in [4.78, 5) is 22.5. The van der Waals surface area contributed by atoms with E-state index in [2.05, 4.69) is 5.32 Å². The van der Waals surface area contributed by atoms with Crippen molar-refractivity contribution in [2.24, 2.45) is 11.8 Å². The van der Waals surface area contributed by atoms with Gasteiger partial charge in [-0.3, -0.25) is 4.79 Å². The van der Waals surface area contributed by atoms with Crippen LogP contribution in [0.3, 0.4) is 0 Å². The molecule has 2 N–H and O–H groups in total. The predicted molar refractivity (Wildman–Crippen MR) is 68.0 cm³/mol. The van der Waals surface area contributed by atoms with Gasteiger partial charge in [-0.15, -0.1) is 0 Å². The number of carboxylic acid groups (broad SMARTS) is 1. The molecule has 0 heterocycles. The molecule has 2 fully saturated rings. The summed E-state index contributed by atoms with van der Waals surface area (Å²) in [5.41, 5.74) is 0.963. The van der Waals surface area contributed by atoms with Crippen molar-refractivity contribution < 1.29 is 14.7 Å². The summed E-state index contributed by atoms with van der Waals surface area (Å²) in [6.45, 7) is 0.827. The first-order valence-corrected chi connectivity index (χ1v) is 6.85. The van der Waals surface area contributed by atoms with Crippen molar-refractivity contribution in [3.63, 3.8) is 0 Å². The second-order valence-electron chi connectivity index (χ2n) is 5.46. The van der Waals surface area contributed by atoms with Crippen molar-refractivity contribution in [3.05, 3.63) is 11.6 Å². The summed E-state index contributed by atoms with van der Waals surface area (Å²) < 4.78 is 0. The average molecular weight is 251 g/mol. The zero-order chi connectivity index (χ0) is 13.0. The van der Waals surface area contributed by atoms with Crippen molar-refractivity contribution in [3.8, 4) is 0 Å². The smallest absolute Gasteiger partial charge is 0.328 e. The number of rotatable bonds is 4. The fraction of sp³-hybridized carbons (Fsp3) is 0.714. The van der Waals surface area contributed by atoms with Gasteiger partial charge in [0.1, 0.15) is 0 Å². The van der Waals surface area contributed by atoms with Gasteiger partial charge in [0.05, 0.1) is 0 Å². The molecule has 0 bridgehead atoms. The largest absolute Gasteiger partial charge is 0.478 e. The Balaban J connectivity index is 1.71. The number of hydrogen-bond donors (Lipinski definition) is 2. The van der Waals surface area contributed by atoms with E-state index >= 15 is 0 Å². The number of carbonyl (C=O) groups excluding carboxylic acids is 1. The second-order valence-corrected chi connectivity index (χ2v) is 5.46. The van der Waals surface area contributed by atoms with Gasteiger partial charge in [0.2, 0.25) is 5.91 Å². The Morgan fingerprint density at radius 2 is 1.89 bits per heavy atom. The maximum absolute atomic E-state index is 11.9. The van der Waals surface area contributed by atoms with Gasteiger partial charge in [-0.25, -0.2) is 4.79 Å². The first kappa shape index (κ1) is 13.1. The van der Waals surface area contributed by atoms with Crippen LogP contribution in [0.1, 0.15) is 44.9 Å². The van der Waals surface area contributed by atoms with Crippen LogP contribution in [-0.4, -0.2) is 23.5 Å². The number of carbonyl (C=O) groups is 2. The Kier molecular flexibility index (Phi) is 4.39. The van der Waals surface area contributed by atoms with E-state index in [1.165, 1.54) is 25.3 Å². The fourth-order valence-electron chi connectivity index (χ4n) is 2.66. The van der Waals surface area contributed by atoms with E-state index in [1.807, 2.05) is 0 Å². The quantitative estimate of drug-likeness (QED) is 0.752. The monoisotopic (exact) mass is 251 g/mol. The third kappa shape index (κ3) is 3.59. The maximum Gasteiger partial charge on any atom is 0.328 e. The second kappa shape index (κ2) is 6.03. The van der Waals surface area contributed by atoms with Crippen LogP contribution in [0.15, 0.2) is 11.6 Å². The van der Waals surface area contributed by atoms with E-state index in [9.17, 15) is 9.59 Å². The number of amides is 1. The minimum absolute atomic E-state index is 0.0796. The Labute approximate surface area is 107 Å². The van der Waals surface area contributed by atoms with Crippen molar-refractivity contribution in [1.29, 1.82) is 0 Å². The summed E-state index contributed by atoms with van der Waals surface area (Å²) in [7, 11) is 0. The number of allylic oxidation sites excluding steroid dienone is 1. The van der Waals surface area contributed by atoms with Crippen LogP contribution in [0.5, 0.6) is 0 Å². The molecule has 0 unspecified atom stereocenters. The Morgan fingerprint density at radius 1 is 1.22 bits per heavy atom. The van der Waals surface area contributed by atoms with Crippen molar-refractivity contribution in [1.82, 2.24) is 5.32 Å². The first-order chi connectivity index (χ1) is 8.65. The van der Waals surface area contributed by atoms with Gasteiger partial charge in [-0.1, -0.05) is 12.0 Å². The number of hydrogen-bond acceptors (Lipinski definition) is 2. The Bertz CT molecular complexity index is 348. The Hall–Kier alpha value is -1.32. The molecule has 2 aliphatic rings. The van der Waals surface area contributed by atoms with Crippen molar-refractivity contribution in [2.45, 2.75) is 44.9 Å². The van der Waals surface area contributed by atoms with Crippen LogP contribution < -0.4 is 5.32 Å². The predicted octanol–water partition coefficient (Wildman–Crippen LogP) is 2.10. The first-order valence-electron chi connectivity index (χ1n) is 6.85. The summed E-state index contributed by atoms with van der Waals surface area (Å²) in [6.07, 6.45) is 8.15. The minimum atomic E-state index is -0.877. The highest BCUT2D eigenvalue weighted by Crippen LogP contribution is 2.29. The van der Waals surface area contributed by atoms with Gasteiger partial charge in [0.15, 0.2) is 0 Å². The highest BCUT2D eigenvalue weighted by molar-refractivity contribution is 5.81. The summed E-state index contributed by atoms with van der Waals surface area (Å²) in [6, 6.07) is 0. The molecule has 0 aromatic heterocycles. The van der Waals surface area contributed by atoms with Gasteiger partial charge >= 0.3 is 5.97 Å². The molecule has 0 aliphatic heterocycles. The SMILES string of the molecule is O=C(O)C=C1CCC(C(=O)NCC2CCC2)CC1. The highest BCUT2D eigenvalue weighted by atomic mass is 16.4. The van der Waals surface area contributed by atoms with E-state index < -0.39 is 5.97 Å². The maximum atomic E-state index is 11.9. The molecule has 2 aliphatic carbocycles. The molecule has 2 rings (SSSR count). The number of nitrogens with one attached hydrogen (secondary N) is 1. The lowest BCUT2D eigenvalue weighted by atomic mass is 9.83. The minimum Gasteiger partial charge on any atom is -0.478 e. The lowest BCUT2D eigenvalue weighted by molar-refractivity contribution is -0.131. The molecule has 0 radical (unpaired) electrons. The van der Waals surface area contributed by atoms with Crippen LogP contribution in [-0.2, 0) is 9.59 Å². The topological polar surface area (TPSA) is 66.4 Å². The van der Waals surface area contributed by atoms with E-state index in [0.717, 1.165) is 37.8 Å². The van der Waals surface area contributed by atoms with Crippen molar-refractivity contribution in [2.75, 3.05) is 6.54 Å². The zero-order valence-electron chi connectivity index (χ0n) is 10.7. The number of carboxylic acids is 1. The molecule has 0 saturated heterocycles. The zero-order valence-corrected chi connectivity index (χ0v) is 10.7. The third-order valence-electron chi connectivity index (χ3n) is 4.12. The molecule has 1 amide bonds. The lowest BCUT2D eigenvalue weighted by Crippen LogP contribution is -2.37. The van der Waals surface area contributed by atoms with E-state index in [4.69, 9.17) is 5.11 Å². The van der Waals surface area contributed by atoms with Crippen LogP contribution in [0.25, 0.3) is 0 Å². The van der Waals surface area contributed by atoms with Crippen LogP contribution in [0.2, 0.25) is 0 Å². The standard InChI is InChI=1S/C14H21NO3/c16-13(17)8-10-4-6-12(7-5-10)14(18)15-9-11-2-1-3-11/h8,11-12H,1-7,9H2,(H,15,18)(H,16,17). The van der Waals surface area contributed by atoms with E-state index in [-0.39, 0.29) is 11.8 Å². The summed E-state index contributed by atoms with van der Waals surface area (Å²) >= 11 is 0. The van der Waals surface area contributed by atoms with E-state index in [0.29, 0.717) is 5.92 Å². The molecule has 4 nitrogen and oxygen atoms in total. The van der Waals surface area contributed by atoms with Crippen LogP contribution >= 0.6 is 0 Å². The molecule has 2 saturated carbocycles. The van der Waals surface area contributed by atoms with Gasteiger partial charge in [0.25, 0.3) is 0 Å². The third-order valence-corrected chi connectivity index (χ3v) is 4.12. The molecular weight excluding hydrogens is 230 g/mol. The number of aliphatic carboxylic acids is 1. The van der Waals surface area contributed by atoms with Crippen LogP contribution in [0, 0.1) is 11.8 Å². The normalized spacial score (nSPS) is 24.2. The van der Waals surface area contributed by atoms with Gasteiger partial charge in [0, 0.05) is 18.5 Å². The van der Waals surface area contributed by atoms with E-state index in [1.54, 1.807) is 0 Å². The average Bonchev–Trinajstić information content (AvgIpc) is 2.27. The summed E-state index contributed by atoms with van der Waals surface area (Å²) in [5.74, 6) is 0.0604. The summed E-state index contributed by atoms with van der Waals surface area (Å²) in [5, 5.41) is 11.7. The van der Waals surface area contributed by atoms with Gasteiger partial charge in [-0.05, 0) is 44.4 Å². The molecule has 0 spiro atoms. The van der Waals surface area contributed by atoms with Gasteiger partial charge < -0.3 is 10.4 Å². The van der Waals surface area contributed by atoms with Crippen LogP contribution in [0.4, 0.5) is 0 Å². The molecule has 100 valence electrons. The molecule has 4 heteroatoms. The molecule has 0 atom stereocenters. The highest BCUT2D eigenvalue weighted by Gasteiger charge is 2.25. The molecule has 0 aromatic carbocycles. The fourth-order valence-corrected chi connectivity index (χ4v) is 2.66. The lowest BCUT2D eigenvalue weighted by Gasteiger charge is -2.28. The van der Waals surface area contributed by atoms with Crippen molar-refractivity contribution >= 4 is 11.9 Å². The molecular formula is C14H21NO3. The molecule has 0 aromatic rings.